The second-order valence-electron chi connectivity index (χ2n) is 6.77. The summed E-state index contributed by atoms with van der Waals surface area (Å²) in [6, 6.07) is 3.20. The maximum atomic E-state index is 12.2. The topological polar surface area (TPSA) is 80.9 Å². The Labute approximate surface area is 147 Å². The molecule has 1 aromatic heterocycles. The Hall–Kier alpha value is -1.57. The van der Waals surface area contributed by atoms with Crippen LogP contribution in [0, 0.1) is 5.41 Å². The fourth-order valence-electron chi connectivity index (χ4n) is 3.60. The van der Waals surface area contributed by atoms with Gasteiger partial charge >= 0.3 is 0 Å². The van der Waals surface area contributed by atoms with E-state index < -0.39 is 6.04 Å². The zero-order valence-electron chi connectivity index (χ0n) is 13.7. The molecule has 4 heterocycles. The molecular weight excluding hydrogens is 332 g/mol. The number of hydrogen-bond donors (Lipinski definition) is 1. The number of likely N-dealkylation sites (N-methyl/N-ethyl adjacent to an activating group) is 1. The van der Waals surface area contributed by atoms with E-state index in [4.69, 9.17) is 15.2 Å². The van der Waals surface area contributed by atoms with E-state index in [-0.39, 0.29) is 24.9 Å². The van der Waals surface area contributed by atoms with Crippen LogP contribution in [0.15, 0.2) is 12.1 Å². The standard InChI is InChI=1S/C16H22N4O3.ClH/c1-19-14-12(23-8-11(17)15(19)21)2-3-13(18-14)20-9-16(10-20)4-6-22-7-5-16;/h2-3,11H,4-10,17H2,1H3;1H/t11-;/m0./s1. The molecule has 3 aliphatic rings. The minimum absolute atomic E-state index is 0. The third-order valence-electron chi connectivity index (χ3n) is 5.14. The van der Waals surface area contributed by atoms with Crippen LogP contribution in [-0.4, -0.2) is 56.9 Å². The van der Waals surface area contributed by atoms with Gasteiger partial charge in [-0.05, 0) is 25.0 Å². The molecule has 1 amide bonds. The summed E-state index contributed by atoms with van der Waals surface area (Å²) in [5, 5.41) is 0. The van der Waals surface area contributed by atoms with Crippen LogP contribution >= 0.6 is 12.4 Å². The van der Waals surface area contributed by atoms with Gasteiger partial charge in [-0.15, -0.1) is 12.4 Å². The van der Waals surface area contributed by atoms with Gasteiger partial charge in [-0.2, -0.15) is 0 Å². The van der Waals surface area contributed by atoms with E-state index in [1.165, 1.54) is 4.90 Å². The molecule has 0 aromatic carbocycles. The van der Waals surface area contributed by atoms with E-state index in [1.54, 1.807) is 7.05 Å². The summed E-state index contributed by atoms with van der Waals surface area (Å²) < 4.78 is 11.1. The highest BCUT2D eigenvalue weighted by molar-refractivity contribution is 5.97. The number of amides is 1. The predicted molar refractivity (Wildman–Crippen MR) is 93.1 cm³/mol. The normalized spacial score (nSPS) is 25.2. The molecule has 24 heavy (non-hydrogen) atoms. The van der Waals surface area contributed by atoms with Crippen molar-refractivity contribution in [2.24, 2.45) is 11.1 Å². The largest absolute Gasteiger partial charge is 0.488 e. The van der Waals surface area contributed by atoms with Crippen LogP contribution in [0.5, 0.6) is 5.75 Å². The third-order valence-corrected chi connectivity index (χ3v) is 5.14. The summed E-state index contributed by atoms with van der Waals surface area (Å²) in [5.74, 6) is 1.88. The lowest BCUT2D eigenvalue weighted by Crippen LogP contribution is -2.58. The van der Waals surface area contributed by atoms with Crippen LogP contribution in [0.4, 0.5) is 11.6 Å². The van der Waals surface area contributed by atoms with Crippen molar-refractivity contribution in [1.82, 2.24) is 4.98 Å². The maximum Gasteiger partial charge on any atom is 0.248 e. The molecule has 2 saturated heterocycles. The average molecular weight is 355 g/mol. The molecule has 132 valence electrons. The molecule has 1 atom stereocenters. The number of pyridine rings is 1. The summed E-state index contributed by atoms with van der Waals surface area (Å²) in [4.78, 5) is 20.6. The molecule has 7 nitrogen and oxygen atoms in total. The molecule has 1 spiro atoms. The third kappa shape index (κ3) is 2.81. The fraction of sp³-hybridized carbons (Fsp3) is 0.625. The predicted octanol–water partition coefficient (Wildman–Crippen LogP) is 0.803. The number of ether oxygens (including phenoxy) is 2. The number of aromatic nitrogens is 1. The summed E-state index contributed by atoms with van der Waals surface area (Å²) in [5.41, 5.74) is 6.19. The number of halogens is 1. The monoisotopic (exact) mass is 354 g/mol. The molecule has 0 radical (unpaired) electrons. The SMILES string of the molecule is CN1C(=O)[C@@H](N)COc2ccc(N3CC4(CCOCC4)C3)nc21.Cl. The Bertz CT molecular complexity index is 628. The number of nitrogens with zero attached hydrogens (tertiary/aromatic N) is 3. The minimum atomic E-state index is -0.646. The zero-order valence-corrected chi connectivity index (χ0v) is 14.6. The van der Waals surface area contributed by atoms with Gasteiger partial charge in [0.05, 0.1) is 0 Å². The van der Waals surface area contributed by atoms with Gasteiger partial charge in [-0.1, -0.05) is 0 Å². The van der Waals surface area contributed by atoms with Gasteiger partial charge in [0.2, 0.25) is 5.91 Å². The Morgan fingerprint density at radius 2 is 2.00 bits per heavy atom. The van der Waals surface area contributed by atoms with Crippen molar-refractivity contribution >= 4 is 29.9 Å². The van der Waals surface area contributed by atoms with Crippen molar-refractivity contribution in [2.45, 2.75) is 18.9 Å². The van der Waals surface area contributed by atoms with Gasteiger partial charge in [-0.3, -0.25) is 9.69 Å². The quantitative estimate of drug-likeness (QED) is 0.803. The summed E-state index contributed by atoms with van der Waals surface area (Å²) in [6.07, 6.45) is 2.23. The van der Waals surface area contributed by atoms with Crippen molar-refractivity contribution in [2.75, 3.05) is 49.8 Å². The van der Waals surface area contributed by atoms with Crippen molar-refractivity contribution in [3.05, 3.63) is 12.1 Å². The average Bonchev–Trinajstić information content (AvgIpc) is 2.66. The summed E-state index contributed by atoms with van der Waals surface area (Å²) in [7, 11) is 1.70. The molecule has 0 bridgehead atoms. The van der Waals surface area contributed by atoms with Gasteiger partial charge in [-0.25, -0.2) is 4.98 Å². The van der Waals surface area contributed by atoms with Crippen LogP contribution in [0.2, 0.25) is 0 Å². The van der Waals surface area contributed by atoms with Crippen molar-refractivity contribution < 1.29 is 14.3 Å². The first-order valence-corrected chi connectivity index (χ1v) is 8.08. The van der Waals surface area contributed by atoms with Gasteiger partial charge in [0.25, 0.3) is 0 Å². The van der Waals surface area contributed by atoms with Crippen molar-refractivity contribution in [3.63, 3.8) is 0 Å². The van der Waals surface area contributed by atoms with Crippen LogP contribution in [0.3, 0.4) is 0 Å². The van der Waals surface area contributed by atoms with Gasteiger partial charge in [0.1, 0.15) is 18.5 Å². The molecule has 2 N–H and O–H groups in total. The number of carbonyl (C=O) groups excluding carboxylic acids is 1. The van der Waals surface area contributed by atoms with E-state index in [1.807, 2.05) is 12.1 Å². The molecule has 4 rings (SSSR count). The lowest BCUT2D eigenvalue weighted by atomic mass is 9.73. The highest BCUT2D eigenvalue weighted by Gasteiger charge is 2.44. The highest BCUT2D eigenvalue weighted by Crippen LogP contribution is 2.42. The van der Waals surface area contributed by atoms with E-state index in [2.05, 4.69) is 9.88 Å². The van der Waals surface area contributed by atoms with E-state index in [0.29, 0.717) is 17.0 Å². The first kappa shape index (κ1) is 17.3. The fourth-order valence-corrected chi connectivity index (χ4v) is 3.60. The number of fused-ring (bicyclic) bond motifs is 1. The Balaban J connectivity index is 0.00000169. The lowest BCUT2D eigenvalue weighted by molar-refractivity contribution is -0.119. The Morgan fingerprint density at radius 3 is 2.71 bits per heavy atom. The number of carbonyl (C=O) groups is 1. The second-order valence-corrected chi connectivity index (χ2v) is 6.77. The van der Waals surface area contributed by atoms with Crippen LogP contribution in [0.1, 0.15) is 12.8 Å². The van der Waals surface area contributed by atoms with Gasteiger partial charge in [0.15, 0.2) is 11.6 Å². The van der Waals surface area contributed by atoms with Crippen molar-refractivity contribution in [1.29, 1.82) is 0 Å². The number of hydrogen-bond acceptors (Lipinski definition) is 6. The molecular formula is C16H23ClN4O3. The van der Waals surface area contributed by atoms with Crippen LogP contribution in [0.25, 0.3) is 0 Å². The number of anilines is 2. The van der Waals surface area contributed by atoms with E-state index in [0.717, 1.165) is 45.0 Å². The highest BCUT2D eigenvalue weighted by atomic mass is 35.5. The lowest BCUT2D eigenvalue weighted by Gasteiger charge is -2.52. The van der Waals surface area contributed by atoms with Gasteiger partial charge < -0.3 is 20.1 Å². The number of rotatable bonds is 1. The molecule has 3 aliphatic heterocycles. The Kier molecular flexibility index (Phi) is 4.59. The smallest absolute Gasteiger partial charge is 0.248 e. The molecule has 0 saturated carbocycles. The Morgan fingerprint density at radius 1 is 1.29 bits per heavy atom. The number of nitrogens with two attached hydrogens (primary N) is 1. The van der Waals surface area contributed by atoms with Crippen LogP contribution in [-0.2, 0) is 9.53 Å². The maximum absolute atomic E-state index is 12.2. The van der Waals surface area contributed by atoms with Gasteiger partial charge in [0, 0.05) is 38.8 Å². The molecule has 2 fully saturated rings. The molecule has 1 aromatic rings. The minimum Gasteiger partial charge on any atom is -0.488 e. The summed E-state index contributed by atoms with van der Waals surface area (Å²) >= 11 is 0. The van der Waals surface area contributed by atoms with Crippen molar-refractivity contribution in [3.8, 4) is 5.75 Å². The molecule has 8 heteroatoms. The van der Waals surface area contributed by atoms with E-state index in [9.17, 15) is 4.79 Å². The first-order valence-electron chi connectivity index (χ1n) is 8.08. The molecule has 0 aliphatic carbocycles. The molecule has 0 unspecified atom stereocenters. The second kappa shape index (κ2) is 6.38. The van der Waals surface area contributed by atoms with E-state index >= 15 is 0 Å². The first-order chi connectivity index (χ1) is 11.1. The summed E-state index contributed by atoms with van der Waals surface area (Å²) in [6.45, 7) is 3.90. The van der Waals surface area contributed by atoms with Crippen LogP contribution < -0.4 is 20.3 Å². The zero-order chi connectivity index (χ0) is 16.0.